The number of nitrogens with zero attached hydrogens (tertiary/aromatic N) is 3. The zero-order valence-corrected chi connectivity index (χ0v) is 19.0. The van der Waals surface area contributed by atoms with Crippen LogP contribution in [0.4, 0.5) is 17.3 Å². The maximum Gasteiger partial charge on any atom is 0.227 e. The molecule has 7 nitrogen and oxygen atoms in total. The average Bonchev–Trinajstić information content (AvgIpc) is 3.09. The summed E-state index contributed by atoms with van der Waals surface area (Å²) in [5, 5.41) is 19.9. The lowest BCUT2D eigenvalue weighted by Crippen LogP contribution is -2.18. The summed E-state index contributed by atoms with van der Waals surface area (Å²) in [7, 11) is 1.87. The lowest BCUT2D eigenvalue weighted by Gasteiger charge is -2.18. The topological polar surface area (TPSA) is 94.9 Å². The predicted molar refractivity (Wildman–Crippen MR) is 128 cm³/mol. The molecule has 0 saturated heterocycles. The van der Waals surface area contributed by atoms with Gasteiger partial charge in [-0.2, -0.15) is 5.26 Å². The van der Waals surface area contributed by atoms with E-state index in [9.17, 15) is 5.26 Å². The number of halogens is 1. The number of rotatable bonds is 7. The minimum Gasteiger partial charge on any atom is -0.490 e. The maximum absolute atomic E-state index is 9.67. The molecule has 2 heterocycles. The SMILES string of the molecule is CNCCOc1ccc(Cl)cc1Nc1nccc(-c2cc(C#N)c3c(c2)C(C)(C)CN3)n1. The monoisotopic (exact) mass is 448 g/mol. The van der Waals surface area contributed by atoms with Crippen LogP contribution in [-0.4, -0.2) is 36.7 Å². The van der Waals surface area contributed by atoms with E-state index in [1.165, 1.54) is 0 Å². The fourth-order valence-corrected chi connectivity index (χ4v) is 3.87. The minimum absolute atomic E-state index is 0.0641. The lowest BCUT2D eigenvalue weighted by atomic mass is 9.85. The number of hydrogen-bond acceptors (Lipinski definition) is 7. The Bertz CT molecular complexity index is 1190. The number of nitrogens with one attached hydrogen (secondary N) is 3. The van der Waals surface area contributed by atoms with Gasteiger partial charge in [0.25, 0.3) is 0 Å². The van der Waals surface area contributed by atoms with Crippen LogP contribution in [0, 0.1) is 11.3 Å². The second-order valence-corrected chi connectivity index (χ2v) is 8.72. The van der Waals surface area contributed by atoms with Gasteiger partial charge in [-0.25, -0.2) is 9.97 Å². The Morgan fingerprint density at radius 3 is 2.88 bits per heavy atom. The third-order valence-electron chi connectivity index (χ3n) is 5.44. The molecule has 0 saturated carbocycles. The van der Waals surface area contributed by atoms with Gasteiger partial charge in [-0.05, 0) is 49.0 Å². The summed E-state index contributed by atoms with van der Waals surface area (Å²) in [4.78, 5) is 9.05. The van der Waals surface area contributed by atoms with Gasteiger partial charge >= 0.3 is 0 Å². The zero-order chi connectivity index (χ0) is 22.7. The second kappa shape index (κ2) is 9.03. The molecule has 0 aliphatic carbocycles. The fraction of sp³-hybridized carbons (Fsp3) is 0.292. The van der Waals surface area contributed by atoms with Crippen LogP contribution in [0.5, 0.6) is 5.75 Å². The molecule has 0 bridgehead atoms. The number of fused-ring (bicyclic) bond motifs is 1. The quantitative estimate of drug-likeness (QED) is 0.450. The van der Waals surface area contributed by atoms with E-state index >= 15 is 0 Å². The van der Waals surface area contributed by atoms with Gasteiger partial charge in [-0.3, -0.25) is 0 Å². The van der Waals surface area contributed by atoms with Crippen molar-refractivity contribution in [3.05, 3.63) is 58.7 Å². The summed E-state index contributed by atoms with van der Waals surface area (Å²) in [6, 6.07) is 13.5. The Hall–Kier alpha value is -3.34. The number of nitriles is 1. The Balaban J connectivity index is 1.67. The van der Waals surface area contributed by atoms with Gasteiger partial charge in [0.15, 0.2) is 0 Å². The van der Waals surface area contributed by atoms with E-state index in [0.717, 1.165) is 35.6 Å². The van der Waals surface area contributed by atoms with Gasteiger partial charge in [-0.1, -0.05) is 25.4 Å². The molecule has 0 unspecified atom stereocenters. The van der Waals surface area contributed by atoms with E-state index in [1.807, 2.05) is 25.2 Å². The maximum atomic E-state index is 9.67. The van der Waals surface area contributed by atoms with E-state index in [2.05, 4.69) is 46.9 Å². The Morgan fingerprint density at radius 2 is 2.09 bits per heavy atom. The van der Waals surface area contributed by atoms with E-state index < -0.39 is 0 Å². The summed E-state index contributed by atoms with van der Waals surface area (Å²) in [6.07, 6.45) is 1.69. The standard InChI is InChI=1S/C24H25ClN6O/c1-24(2)14-29-22-16(13-26)10-15(11-18(22)24)19-6-7-28-23(30-19)31-20-12-17(25)4-5-21(20)32-9-8-27-3/h4-7,10-12,27,29H,8-9,14H2,1-3H3,(H,28,30,31). The smallest absolute Gasteiger partial charge is 0.227 e. The Morgan fingerprint density at radius 1 is 1.25 bits per heavy atom. The zero-order valence-electron chi connectivity index (χ0n) is 18.3. The predicted octanol–water partition coefficient (Wildman–Crippen LogP) is 4.71. The molecule has 1 aromatic heterocycles. The molecule has 0 atom stereocenters. The molecule has 3 N–H and O–H groups in total. The van der Waals surface area contributed by atoms with Gasteiger partial charge in [0.2, 0.25) is 5.95 Å². The highest BCUT2D eigenvalue weighted by molar-refractivity contribution is 6.31. The summed E-state index contributed by atoms with van der Waals surface area (Å²) >= 11 is 6.20. The summed E-state index contributed by atoms with van der Waals surface area (Å²) in [6.45, 7) is 6.36. The Kier molecular flexibility index (Phi) is 6.17. The third-order valence-corrected chi connectivity index (χ3v) is 5.68. The van der Waals surface area contributed by atoms with Gasteiger partial charge in [0.1, 0.15) is 18.4 Å². The summed E-state index contributed by atoms with van der Waals surface area (Å²) in [5.74, 6) is 1.08. The van der Waals surface area contributed by atoms with Crippen molar-refractivity contribution in [1.29, 1.82) is 5.26 Å². The fourth-order valence-electron chi connectivity index (χ4n) is 3.70. The lowest BCUT2D eigenvalue weighted by molar-refractivity contribution is 0.320. The molecule has 164 valence electrons. The average molecular weight is 449 g/mol. The van der Waals surface area contributed by atoms with Gasteiger partial charge in [0.05, 0.1) is 22.6 Å². The first-order valence-electron chi connectivity index (χ1n) is 10.4. The van der Waals surface area contributed by atoms with Crippen molar-refractivity contribution in [1.82, 2.24) is 15.3 Å². The molecule has 0 spiro atoms. The highest BCUT2D eigenvalue weighted by Gasteiger charge is 2.32. The highest BCUT2D eigenvalue weighted by Crippen LogP contribution is 2.41. The van der Waals surface area contributed by atoms with Crippen LogP contribution in [0.1, 0.15) is 25.0 Å². The molecule has 0 fully saturated rings. The summed E-state index contributed by atoms with van der Waals surface area (Å²) in [5.41, 5.74) is 4.87. The first-order valence-corrected chi connectivity index (χ1v) is 10.8. The first-order chi connectivity index (χ1) is 15.4. The largest absolute Gasteiger partial charge is 0.490 e. The number of benzene rings is 2. The van der Waals surface area contributed by atoms with Crippen molar-refractivity contribution in [2.24, 2.45) is 0 Å². The normalized spacial score (nSPS) is 13.7. The van der Waals surface area contributed by atoms with E-state index in [0.29, 0.717) is 34.6 Å². The number of likely N-dealkylation sites (N-methyl/N-ethyl adjacent to an activating group) is 1. The van der Waals surface area contributed by atoms with Crippen molar-refractivity contribution in [3.63, 3.8) is 0 Å². The van der Waals surface area contributed by atoms with Crippen molar-refractivity contribution < 1.29 is 4.74 Å². The molecular formula is C24H25ClN6O. The number of aromatic nitrogens is 2. The van der Waals surface area contributed by atoms with Crippen LogP contribution in [-0.2, 0) is 5.41 Å². The van der Waals surface area contributed by atoms with Gasteiger partial charge in [-0.15, -0.1) is 0 Å². The molecule has 0 amide bonds. The summed E-state index contributed by atoms with van der Waals surface area (Å²) < 4.78 is 5.84. The highest BCUT2D eigenvalue weighted by atomic mass is 35.5. The van der Waals surface area contributed by atoms with Crippen molar-refractivity contribution in [2.45, 2.75) is 19.3 Å². The third kappa shape index (κ3) is 4.47. The molecule has 1 aliphatic rings. The van der Waals surface area contributed by atoms with E-state index in [4.69, 9.17) is 21.3 Å². The number of anilines is 3. The Labute approximate surface area is 192 Å². The second-order valence-electron chi connectivity index (χ2n) is 8.28. The molecule has 32 heavy (non-hydrogen) atoms. The molecule has 3 aromatic rings. The number of hydrogen-bond donors (Lipinski definition) is 3. The number of ether oxygens (including phenoxy) is 1. The van der Waals surface area contributed by atoms with Crippen LogP contribution in [0.25, 0.3) is 11.3 Å². The van der Waals surface area contributed by atoms with E-state index in [1.54, 1.807) is 18.3 Å². The molecule has 2 aromatic carbocycles. The van der Waals surface area contributed by atoms with Crippen LogP contribution >= 0.6 is 11.6 Å². The molecule has 0 radical (unpaired) electrons. The van der Waals surface area contributed by atoms with Crippen LogP contribution in [0.3, 0.4) is 0 Å². The van der Waals surface area contributed by atoms with Crippen molar-refractivity contribution in [3.8, 4) is 23.1 Å². The van der Waals surface area contributed by atoms with Crippen molar-refractivity contribution >= 4 is 28.9 Å². The molecular weight excluding hydrogens is 424 g/mol. The molecule has 4 rings (SSSR count). The van der Waals surface area contributed by atoms with Crippen LogP contribution in [0.15, 0.2) is 42.6 Å². The molecule has 1 aliphatic heterocycles. The van der Waals surface area contributed by atoms with Gasteiger partial charge in [0, 0.05) is 35.3 Å². The first kappa shape index (κ1) is 21.9. The van der Waals surface area contributed by atoms with Crippen LogP contribution in [0.2, 0.25) is 5.02 Å². The van der Waals surface area contributed by atoms with Gasteiger partial charge < -0.3 is 20.7 Å². The van der Waals surface area contributed by atoms with Crippen molar-refractivity contribution in [2.75, 3.05) is 37.4 Å². The van der Waals surface area contributed by atoms with E-state index in [-0.39, 0.29) is 5.41 Å². The minimum atomic E-state index is -0.0641. The van der Waals surface area contributed by atoms with Crippen LogP contribution < -0.4 is 20.7 Å². The molecule has 8 heteroatoms.